The summed E-state index contributed by atoms with van der Waals surface area (Å²) in [6.07, 6.45) is 2.18. The van der Waals surface area contributed by atoms with Gasteiger partial charge in [0.2, 0.25) is 0 Å². The van der Waals surface area contributed by atoms with E-state index in [0.29, 0.717) is 12.5 Å². The monoisotopic (exact) mass is 348 g/mol. The Morgan fingerprint density at radius 3 is 2.42 bits per heavy atom. The predicted octanol–water partition coefficient (Wildman–Crippen LogP) is 3.82. The minimum absolute atomic E-state index is 0.0464. The number of nitrogens with zero attached hydrogens (tertiary/aromatic N) is 2. The Kier molecular flexibility index (Phi) is 3.93. The fourth-order valence-electron chi connectivity index (χ4n) is 4.79. The van der Waals surface area contributed by atoms with Crippen LogP contribution in [0.15, 0.2) is 54.6 Å². The minimum atomic E-state index is -0.172. The molecule has 26 heavy (non-hydrogen) atoms. The van der Waals surface area contributed by atoms with Gasteiger partial charge in [0, 0.05) is 6.54 Å². The van der Waals surface area contributed by atoms with Crippen molar-refractivity contribution < 1.29 is 9.53 Å². The van der Waals surface area contributed by atoms with E-state index in [-0.39, 0.29) is 18.2 Å². The van der Waals surface area contributed by atoms with Gasteiger partial charge < -0.3 is 4.74 Å². The second kappa shape index (κ2) is 6.44. The van der Waals surface area contributed by atoms with Gasteiger partial charge in [-0.05, 0) is 48.5 Å². The van der Waals surface area contributed by atoms with E-state index in [2.05, 4.69) is 35.2 Å². The van der Waals surface area contributed by atoms with Crippen molar-refractivity contribution >= 4 is 6.09 Å². The van der Waals surface area contributed by atoms with Gasteiger partial charge in [0.1, 0.15) is 6.10 Å². The van der Waals surface area contributed by atoms with Crippen LogP contribution in [0.5, 0.6) is 0 Å². The summed E-state index contributed by atoms with van der Waals surface area (Å²) in [5.74, 6) is 0.532. The molecule has 0 spiro atoms. The number of rotatable bonds is 2. The number of carbonyl (C=O) groups is 1. The number of amides is 1. The fourth-order valence-corrected chi connectivity index (χ4v) is 4.79. The van der Waals surface area contributed by atoms with Crippen molar-refractivity contribution in [2.75, 3.05) is 19.6 Å². The van der Waals surface area contributed by atoms with Gasteiger partial charge in [-0.25, -0.2) is 4.79 Å². The van der Waals surface area contributed by atoms with Crippen LogP contribution in [0.2, 0.25) is 0 Å². The van der Waals surface area contributed by atoms with Crippen LogP contribution in [0.4, 0.5) is 4.79 Å². The molecule has 4 heteroatoms. The van der Waals surface area contributed by atoms with Crippen molar-refractivity contribution in [1.29, 1.82) is 0 Å². The molecular formula is C22H24N2O2. The zero-order chi connectivity index (χ0) is 17.5. The number of ether oxygens (including phenoxy) is 1. The predicted molar refractivity (Wildman–Crippen MR) is 99.7 cm³/mol. The molecule has 6 rings (SSSR count). The maximum Gasteiger partial charge on any atom is 0.411 e. The van der Waals surface area contributed by atoms with Crippen LogP contribution in [0.3, 0.4) is 0 Å². The highest BCUT2D eigenvalue weighted by Gasteiger charge is 2.40. The molecule has 2 aromatic rings. The molecule has 4 heterocycles. The van der Waals surface area contributed by atoms with Gasteiger partial charge in [-0.3, -0.25) is 9.80 Å². The number of benzene rings is 2. The minimum Gasteiger partial charge on any atom is -0.444 e. The lowest BCUT2D eigenvalue weighted by atomic mass is 9.86. The van der Waals surface area contributed by atoms with Crippen LogP contribution < -0.4 is 0 Å². The summed E-state index contributed by atoms with van der Waals surface area (Å²) in [4.78, 5) is 17.4. The molecule has 0 aliphatic carbocycles. The largest absolute Gasteiger partial charge is 0.444 e. The Bertz CT molecular complexity index is 799. The number of carbonyl (C=O) groups excluding carboxylic acids is 1. The van der Waals surface area contributed by atoms with Crippen molar-refractivity contribution in [3.8, 4) is 0 Å². The molecule has 2 bridgehead atoms. The van der Waals surface area contributed by atoms with Crippen molar-refractivity contribution in [1.82, 2.24) is 9.80 Å². The Labute approximate surface area is 154 Å². The van der Waals surface area contributed by atoms with E-state index >= 15 is 0 Å². The maximum atomic E-state index is 13.1. The third-order valence-electron chi connectivity index (χ3n) is 6.20. The molecule has 2 aromatic carbocycles. The first-order chi connectivity index (χ1) is 12.8. The van der Waals surface area contributed by atoms with Crippen molar-refractivity contribution in [3.05, 3.63) is 71.3 Å². The average molecular weight is 348 g/mol. The van der Waals surface area contributed by atoms with E-state index in [1.54, 1.807) is 0 Å². The second-order valence-electron chi connectivity index (χ2n) is 7.70. The normalized spacial score (nSPS) is 29.5. The van der Waals surface area contributed by atoms with E-state index in [1.165, 1.54) is 11.1 Å². The quantitative estimate of drug-likeness (QED) is 0.827. The number of hydrogen-bond donors (Lipinski definition) is 0. The molecule has 3 fully saturated rings. The Balaban J connectivity index is 1.41. The molecule has 4 aliphatic rings. The first kappa shape index (κ1) is 15.9. The Morgan fingerprint density at radius 1 is 0.962 bits per heavy atom. The lowest BCUT2D eigenvalue weighted by Gasteiger charge is -2.44. The van der Waals surface area contributed by atoms with E-state index in [9.17, 15) is 4.79 Å². The van der Waals surface area contributed by atoms with Crippen LogP contribution >= 0.6 is 0 Å². The van der Waals surface area contributed by atoms with Crippen molar-refractivity contribution in [2.24, 2.45) is 5.92 Å². The van der Waals surface area contributed by atoms with Crippen LogP contribution in [0.1, 0.15) is 35.6 Å². The molecule has 0 N–H and O–H groups in total. The zero-order valence-corrected chi connectivity index (χ0v) is 14.9. The van der Waals surface area contributed by atoms with Gasteiger partial charge in [0.25, 0.3) is 0 Å². The van der Waals surface area contributed by atoms with Crippen molar-refractivity contribution in [2.45, 2.75) is 31.5 Å². The van der Waals surface area contributed by atoms with E-state index in [1.807, 2.05) is 29.2 Å². The first-order valence-corrected chi connectivity index (χ1v) is 9.62. The van der Waals surface area contributed by atoms with Crippen LogP contribution in [-0.4, -0.2) is 41.6 Å². The zero-order valence-electron chi connectivity index (χ0n) is 14.9. The lowest BCUT2D eigenvalue weighted by molar-refractivity contribution is -0.0454. The number of hydrogen-bond acceptors (Lipinski definition) is 3. The molecule has 1 amide bonds. The molecule has 4 aliphatic heterocycles. The first-order valence-electron chi connectivity index (χ1n) is 9.62. The Morgan fingerprint density at radius 2 is 1.69 bits per heavy atom. The fraction of sp³-hybridized carbons (Fsp3) is 0.409. The Hall–Kier alpha value is -2.33. The topological polar surface area (TPSA) is 32.8 Å². The lowest BCUT2D eigenvalue weighted by Crippen LogP contribution is -2.52. The van der Waals surface area contributed by atoms with Gasteiger partial charge in [-0.1, -0.05) is 54.6 Å². The summed E-state index contributed by atoms with van der Waals surface area (Å²) in [5.41, 5.74) is 3.57. The highest BCUT2D eigenvalue weighted by molar-refractivity contribution is 5.71. The third kappa shape index (κ3) is 2.69. The molecular weight excluding hydrogens is 324 g/mol. The number of piperidine rings is 3. The van der Waals surface area contributed by atoms with Crippen LogP contribution in [0.25, 0.3) is 0 Å². The molecule has 0 saturated carbocycles. The SMILES string of the molecule is O=C(OC1CN2CCC1CC2)N1Cc2ccccc2C1c1ccccc1. The molecule has 4 nitrogen and oxygen atoms in total. The maximum absolute atomic E-state index is 13.1. The molecule has 0 radical (unpaired) electrons. The summed E-state index contributed by atoms with van der Waals surface area (Å²) in [6, 6.07) is 18.6. The molecule has 0 aromatic heterocycles. The molecule has 134 valence electrons. The van der Waals surface area contributed by atoms with Crippen molar-refractivity contribution in [3.63, 3.8) is 0 Å². The van der Waals surface area contributed by atoms with Crippen LogP contribution in [0, 0.1) is 5.92 Å². The number of fused-ring (bicyclic) bond motifs is 4. The van der Waals surface area contributed by atoms with E-state index in [4.69, 9.17) is 4.74 Å². The third-order valence-corrected chi connectivity index (χ3v) is 6.20. The smallest absolute Gasteiger partial charge is 0.411 e. The highest BCUT2D eigenvalue weighted by atomic mass is 16.6. The van der Waals surface area contributed by atoms with E-state index < -0.39 is 0 Å². The molecule has 3 saturated heterocycles. The summed E-state index contributed by atoms with van der Waals surface area (Å²) in [5, 5.41) is 0. The standard InChI is InChI=1S/C22H24N2O2/c25-22(26-20-15-23-12-10-16(20)11-13-23)24-14-18-8-4-5-9-19(18)21(24)17-6-2-1-3-7-17/h1-9,16,20-21H,10-15H2. The average Bonchev–Trinajstić information content (AvgIpc) is 3.09. The van der Waals surface area contributed by atoms with Gasteiger partial charge in [-0.2, -0.15) is 0 Å². The van der Waals surface area contributed by atoms with Gasteiger partial charge in [-0.15, -0.1) is 0 Å². The van der Waals surface area contributed by atoms with Gasteiger partial charge in [0.15, 0.2) is 0 Å². The highest BCUT2D eigenvalue weighted by Crippen LogP contribution is 2.39. The summed E-state index contributed by atoms with van der Waals surface area (Å²) in [6.45, 7) is 3.82. The van der Waals surface area contributed by atoms with E-state index in [0.717, 1.165) is 38.0 Å². The summed E-state index contributed by atoms with van der Waals surface area (Å²) in [7, 11) is 0. The second-order valence-corrected chi connectivity index (χ2v) is 7.70. The molecule has 2 atom stereocenters. The van der Waals surface area contributed by atoms with Gasteiger partial charge >= 0.3 is 6.09 Å². The summed E-state index contributed by atoms with van der Waals surface area (Å²) >= 11 is 0. The van der Waals surface area contributed by atoms with Crippen LogP contribution in [-0.2, 0) is 11.3 Å². The molecule has 2 unspecified atom stereocenters. The van der Waals surface area contributed by atoms with Gasteiger partial charge in [0.05, 0.1) is 12.6 Å². The summed E-state index contributed by atoms with van der Waals surface area (Å²) < 4.78 is 6.04.